The lowest BCUT2D eigenvalue weighted by atomic mass is 10.2. The first-order valence-electron chi connectivity index (χ1n) is 5.66. The molecule has 1 saturated heterocycles. The zero-order valence-corrected chi connectivity index (χ0v) is 12.4. The van der Waals surface area contributed by atoms with Gasteiger partial charge in [-0.1, -0.05) is 20.8 Å². The van der Waals surface area contributed by atoms with Gasteiger partial charge in [0.1, 0.15) is 0 Å². The smallest absolute Gasteiger partial charge is 0.232 e. The van der Waals surface area contributed by atoms with Gasteiger partial charge in [0.25, 0.3) is 0 Å². The van der Waals surface area contributed by atoms with E-state index in [2.05, 4.69) is 20.8 Å². The summed E-state index contributed by atoms with van der Waals surface area (Å²) in [5.41, 5.74) is 5.54. The first kappa shape index (κ1) is 17.0. The van der Waals surface area contributed by atoms with Crippen LogP contribution in [0.5, 0.6) is 0 Å². The normalized spacial score (nSPS) is 20.9. The summed E-state index contributed by atoms with van der Waals surface area (Å²) in [5.74, 6) is 0.738. The van der Waals surface area contributed by atoms with Crippen LogP contribution in [0, 0.1) is 0 Å². The summed E-state index contributed by atoms with van der Waals surface area (Å²) in [6, 6.07) is 0. The van der Waals surface area contributed by atoms with E-state index in [1.54, 1.807) is 11.8 Å². The van der Waals surface area contributed by atoms with Gasteiger partial charge in [-0.2, -0.15) is 0 Å². The van der Waals surface area contributed by atoms with Crippen molar-refractivity contribution < 1.29 is 9.53 Å². The summed E-state index contributed by atoms with van der Waals surface area (Å²) >= 11 is 1.68. The maximum absolute atomic E-state index is 11.9. The van der Waals surface area contributed by atoms with E-state index in [0.717, 1.165) is 0 Å². The molecule has 0 aromatic heterocycles. The SMILES string of the molecule is CC(C)(C)SCC(=O)N1CCOC(CN)C1.Cl. The number of thioether (sulfide) groups is 1. The maximum atomic E-state index is 11.9. The third-order valence-corrected chi connectivity index (χ3v) is 3.64. The molecule has 102 valence electrons. The second-order valence-electron chi connectivity index (χ2n) is 4.97. The topological polar surface area (TPSA) is 55.6 Å². The predicted molar refractivity (Wildman–Crippen MR) is 74.8 cm³/mol. The summed E-state index contributed by atoms with van der Waals surface area (Å²) in [6.07, 6.45) is 0.0114. The fourth-order valence-corrected chi connectivity index (χ4v) is 2.20. The van der Waals surface area contributed by atoms with Gasteiger partial charge in [0.2, 0.25) is 5.91 Å². The minimum Gasteiger partial charge on any atom is -0.373 e. The van der Waals surface area contributed by atoms with E-state index in [9.17, 15) is 4.79 Å². The van der Waals surface area contributed by atoms with Crippen molar-refractivity contribution in [2.45, 2.75) is 31.6 Å². The second-order valence-corrected chi connectivity index (χ2v) is 6.77. The highest BCUT2D eigenvalue weighted by atomic mass is 35.5. The van der Waals surface area contributed by atoms with Crippen LogP contribution in [0.15, 0.2) is 0 Å². The van der Waals surface area contributed by atoms with Crippen LogP contribution in [0.4, 0.5) is 0 Å². The van der Waals surface area contributed by atoms with Gasteiger partial charge in [0.15, 0.2) is 0 Å². The summed E-state index contributed by atoms with van der Waals surface area (Å²) in [6.45, 7) is 8.77. The third kappa shape index (κ3) is 6.50. The summed E-state index contributed by atoms with van der Waals surface area (Å²) in [4.78, 5) is 13.8. The van der Waals surface area contributed by atoms with Crippen LogP contribution in [0.1, 0.15) is 20.8 Å². The Bertz CT molecular complexity index is 246. The molecule has 4 nitrogen and oxygen atoms in total. The van der Waals surface area contributed by atoms with Crippen molar-refractivity contribution in [1.82, 2.24) is 4.90 Å². The molecule has 1 unspecified atom stereocenters. The molecule has 1 heterocycles. The van der Waals surface area contributed by atoms with Crippen molar-refractivity contribution in [1.29, 1.82) is 0 Å². The van der Waals surface area contributed by atoms with E-state index in [-0.39, 0.29) is 29.2 Å². The molecular weight excluding hydrogens is 260 g/mol. The van der Waals surface area contributed by atoms with Gasteiger partial charge < -0.3 is 15.4 Å². The molecule has 0 aliphatic carbocycles. The Labute approximate surface area is 114 Å². The molecule has 6 heteroatoms. The van der Waals surface area contributed by atoms with E-state index in [1.807, 2.05) is 4.90 Å². The number of morpholine rings is 1. The highest BCUT2D eigenvalue weighted by Gasteiger charge is 2.24. The zero-order chi connectivity index (χ0) is 12.2. The van der Waals surface area contributed by atoms with Crippen LogP contribution in [-0.4, -0.2) is 53.7 Å². The molecule has 0 aromatic rings. The zero-order valence-electron chi connectivity index (χ0n) is 10.8. The first-order valence-corrected chi connectivity index (χ1v) is 6.64. The van der Waals surface area contributed by atoms with Crippen LogP contribution in [-0.2, 0) is 9.53 Å². The van der Waals surface area contributed by atoms with Gasteiger partial charge in [-0.3, -0.25) is 4.79 Å². The van der Waals surface area contributed by atoms with Crippen LogP contribution < -0.4 is 5.73 Å². The van der Waals surface area contributed by atoms with E-state index < -0.39 is 0 Å². The highest BCUT2D eigenvalue weighted by molar-refractivity contribution is 8.01. The molecule has 1 aliphatic heterocycles. The summed E-state index contributed by atoms with van der Waals surface area (Å²) in [5, 5.41) is 0. The molecule has 0 bridgehead atoms. The number of carbonyl (C=O) groups excluding carboxylic acids is 1. The summed E-state index contributed by atoms with van der Waals surface area (Å²) in [7, 11) is 0. The molecular formula is C11H23ClN2O2S. The van der Waals surface area contributed by atoms with Gasteiger partial charge in [0.05, 0.1) is 18.5 Å². The van der Waals surface area contributed by atoms with Crippen molar-refractivity contribution in [3.05, 3.63) is 0 Å². The molecule has 0 spiro atoms. The number of halogens is 1. The Morgan fingerprint density at radius 3 is 2.71 bits per heavy atom. The maximum Gasteiger partial charge on any atom is 0.232 e. The highest BCUT2D eigenvalue weighted by Crippen LogP contribution is 2.23. The minimum absolute atomic E-state index is 0. The first-order chi connectivity index (χ1) is 7.42. The number of nitrogens with zero attached hydrogens (tertiary/aromatic N) is 1. The molecule has 1 atom stereocenters. The quantitative estimate of drug-likeness (QED) is 0.843. The fraction of sp³-hybridized carbons (Fsp3) is 0.909. The molecule has 1 rings (SSSR count). The van der Waals surface area contributed by atoms with Gasteiger partial charge in [-0.25, -0.2) is 0 Å². The number of nitrogens with two attached hydrogens (primary N) is 1. The summed E-state index contributed by atoms with van der Waals surface area (Å²) < 4.78 is 5.56. The molecule has 1 fully saturated rings. The Morgan fingerprint density at radius 2 is 2.18 bits per heavy atom. The van der Waals surface area contributed by atoms with Crippen LogP contribution in [0.2, 0.25) is 0 Å². The van der Waals surface area contributed by atoms with E-state index in [1.165, 1.54) is 0 Å². The molecule has 0 radical (unpaired) electrons. The number of ether oxygens (including phenoxy) is 1. The number of hydrogen-bond donors (Lipinski definition) is 1. The molecule has 1 amide bonds. The Hall–Kier alpha value is 0.0300. The average Bonchev–Trinajstić information content (AvgIpc) is 2.25. The largest absolute Gasteiger partial charge is 0.373 e. The predicted octanol–water partition coefficient (Wildman–Crippen LogP) is 1.13. The van der Waals surface area contributed by atoms with Crippen LogP contribution in [0.3, 0.4) is 0 Å². The van der Waals surface area contributed by atoms with Crippen molar-refractivity contribution in [3.63, 3.8) is 0 Å². The van der Waals surface area contributed by atoms with Crippen LogP contribution >= 0.6 is 24.2 Å². The van der Waals surface area contributed by atoms with Crippen molar-refractivity contribution in [2.75, 3.05) is 32.0 Å². The molecule has 0 aromatic carbocycles. The third-order valence-electron chi connectivity index (χ3n) is 2.38. The van der Waals surface area contributed by atoms with E-state index >= 15 is 0 Å². The van der Waals surface area contributed by atoms with Crippen molar-refractivity contribution in [2.24, 2.45) is 5.73 Å². The van der Waals surface area contributed by atoms with Gasteiger partial charge in [-0.15, -0.1) is 24.2 Å². The van der Waals surface area contributed by atoms with Crippen molar-refractivity contribution >= 4 is 30.1 Å². The second kappa shape index (κ2) is 7.46. The standard InChI is InChI=1S/C11H22N2O2S.ClH/c1-11(2,3)16-8-10(14)13-4-5-15-9(6-12)7-13;/h9H,4-8,12H2,1-3H3;1H. The van der Waals surface area contributed by atoms with Crippen molar-refractivity contribution in [3.8, 4) is 0 Å². The van der Waals surface area contributed by atoms with Gasteiger partial charge in [0, 0.05) is 24.4 Å². The lowest BCUT2D eigenvalue weighted by Crippen LogP contribution is -2.48. The number of amides is 1. The lowest BCUT2D eigenvalue weighted by molar-refractivity contribution is -0.135. The number of hydrogen-bond acceptors (Lipinski definition) is 4. The monoisotopic (exact) mass is 282 g/mol. The minimum atomic E-state index is 0. The van der Waals surface area contributed by atoms with Gasteiger partial charge in [-0.05, 0) is 0 Å². The van der Waals surface area contributed by atoms with E-state index in [4.69, 9.17) is 10.5 Å². The van der Waals surface area contributed by atoms with E-state index in [0.29, 0.717) is 32.0 Å². The molecule has 17 heavy (non-hydrogen) atoms. The lowest BCUT2D eigenvalue weighted by Gasteiger charge is -2.32. The fourth-order valence-electron chi connectivity index (χ4n) is 1.46. The number of carbonyl (C=O) groups is 1. The Kier molecular flexibility index (Phi) is 7.47. The Morgan fingerprint density at radius 1 is 1.53 bits per heavy atom. The molecule has 0 saturated carbocycles. The molecule has 1 aliphatic rings. The van der Waals surface area contributed by atoms with Crippen LogP contribution in [0.25, 0.3) is 0 Å². The number of rotatable bonds is 3. The Balaban J connectivity index is 0.00000256. The van der Waals surface area contributed by atoms with Gasteiger partial charge >= 0.3 is 0 Å². The average molecular weight is 283 g/mol. The molecule has 2 N–H and O–H groups in total.